The number of hydrogen-bond acceptors (Lipinski definition) is 4. The zero-order valence-electron chi connectivity index (χ0n) is 16.0. The highest BCUT2D eigenvalue weighted by Gasteiger charge is 2.34. The summed E-state index contributed by atoms with van der Waals surface area (Å²) in [5.41, 5.74) is -0.669. The number of amides is 1. The molecule has 1 heterocycles. The molecule has 1 saturated heterocycles. The van der Waals surface area contributed by atoms with Crippen LogP contribution in [0, 0.1) is 0 Å². The van der Waals surface area contributed by atoms with E-state index in [4.69, 9.17) is 4.74 Å². The van der Waals surface area contributed by atoms with Gasteiger partial charge >= 0.3 is 6.18 Å². The number of carbonyl (C=O) groups excluding carboxylic acids is 1. The average molecular weight is 442 g/mol. The number of nitrogens with zero attached hydrogens (tertiary/aromatic N) is 1. The zero-order valence-corrected chi connectivity index (χ0v) is 16.8. The van der Waals surface area contributed by atoms with Gasteiger partial charge in [0.05, 0.1) is 29.2 Å². The Kier molecular flexibility index (Phi) is 6.79. The largest absolute Gasteiger partial charge is 0.417 e. The molecule has 1 fully saturated rings. The van der Waals surface area contributed by atoms with Crippen molar-refractivity contribution in [1.29, 1.82) is 0 Å². The third kappa shape index (κ3) is 5.18. The molecule has 1 aliphatic heterocycles. The average Bonchev–Trinajstić information content (AvgIpc) is 2.74. The summed E-state index contributed by atoms with van der Waals surface area (Å²) in [7, 11) is -3.59. The number of ether oxygens (including phenoxy) is 1. The van der Waals surface area contributed by atoms with Crippen molar-refractivity contribution in [3.8, 4) is 0 Å². The number of morpholine rings is 1. The lowest BCUT2D eigenvalue weighted by atomic mass is 10.1. The summed E-state index contributed by atoms with van der Waals surface area (Å²) in [5, 5.41) is 2.48. The second-order valence-corrected chi connectivity index (χ2v) is 8.65. The Morgan fingerprint density at radius 3 is 2.30 bits per heavy atom. The summed E-state index contributed by atoms with van der Waals surface area (Å²) in [6, 6.07) is 10.8. The Bertz CT molecular complexity index is 986. The first-order chi connectivity index (χ1) is 14.2. The summed E-state index contributed by atoms with van der Waals surface area (Å²) in [5.74, 6) is -0.811. The van der Waals surface area contributed by atoms with Crippen molar-refractivity contribution in [3.05, 3.63) is 65.2 Å². The number of rotatable bonds is 6. The highest BCUT2D eigenvalue weighted by molar-refractivity contribution is 7.89. The van der Waals surface area contributed by atoms with E-state index in [1.54, 1.807) is 12.1 Å². The minimum absolute atomic E-state index is 0.112. The predicted molar refractivity (Wildman–Crippen MR) is 104 cm³/mol. The van der Waals surface area contributed by atoms with E-state index < -0.39 is 33.2 Å². The Morgan fingerprint density at radius 1 is 1.03 bits per heavy atom. The highest BCUT2D eigenvalue weighted by atomic mass is 32.2. The number of sulfonamides is 1. The molecule has 1 N–H and O–H groups in total. The molecule has 0 spiro atoms. The third-order valence-corrected chi connectivity index (χ3v) is 6.62. The molecule has 3 rings (SSSR count). The maximum absolute atomic E-state index is 13.0. The van der Waals surface area contributed by atoms with Crippen LogP contribution in [0.3, 0.4) is 0 Å². The molecule has 6 nitrogen and oxygen atoms in total. The Hall–Kier alpha value is -2.43. The lowest BCUT2D eigenvalue weighted by molar-refractivity contribution is -0.137. The van der Waals surface area contributed by atoms with Gasteiger partial charge in [0.1, 0.15) is 0 Å². The summed E-state index contributed by atoms with van der Waals surface area (Å²) in [6.07, 6.45) is -4.27. The second-order valence-electron chi connectivity index (χ2n) is 6.71. The standard InChI is InChI=1S/C20H21F3N2O4S/c21-20(22,23)18-4-2-1-3-17(18)19(26)24-10-9-15-5-7-16(8-6-15)30(27,28)25-11-13-29-14-12-25/h1-8H,9-14H2,(H,24,26). The summed E-state index contributed by atoms with van der Waals surface area (Å²) in [4.78, 5) is 12.3. The molecule has 0 saturated carbocycles. The smallest absolute Gasteiger partial charge is 0.379 e. The Morgan fingerprint density at radius 2 is 1.67 bits per heavy atom. The quantitative estimate of drug-likeness (QED) is 0.747. The molecule has 1 aliphatic rings. The molecule has 10 heteroatoms. The van der Waals surface area contributed by atoms with E-state index in [9.17, 15) is 26.4 Å². The molecule has 30 heavy (non-hydrogen) atoms. The van der Waals surface area contributed by atoms with Crippen molar-refractivity contribution in [2.75, 3.05) is 32.8 Å². The van der Waals surface area contributed by atoms with Gasteiger partial charge in [0.15, 0.2) is 0 Å². The van der Waals surface area contributed by atoms with Gasteiger partial charge in [0.2, 0.25) is 10.0 Å². The van der Waals surface area contributed by atoms with Gasteiger partial charge < -0.3 is 10.1 Å². The van der Waals surface area contributed by atoms with Gasteiger partial charge in [-0.05, 0) is 36.2 Å². The summed E-state index contributed by atoms with van der Waals surface area (Å²) < 4.78 is 70.8. The monoisotopic (exact) mass is 442 g/mol. The van der Waals surface area contributed by atoms with E-state index in [0.717, 1.165) is 17.7 Å². The zero-order chi connectivity index (χ0) is 21.8. The minimum Gasteiger partial charge on any atom is -0.379 e. The molecule has 2 aromatic rings. The van der Waals surface area contributed by atoms with Crippen molar-refractivity contribution in [1.82, 2.24) is 9.62 Å². The van der Waals surface area contributed by atoms with Crippen molar-refractivity contribution in [3.63, 3.8) is 0 Å². The fourth-order valence-corrected chi connectivity index (χ4v) is 4.52. The normalized spacial score (nSPS) is 15.7. The molecule has 0 aliphatic carbocycles. The predicted octanol–water partition coefficient (Wildman–Crippen LogP) is 2.70. The fourth-order valence-electron chi connectivity index (χ4n) is 3.11. The Labute approximate surface area is 172 Å². The van der Waals surface area contributed by atoms with Gasteiger partial charge in [-0.15, -0.1) is 0 Å². The molecular weight excluding hydrogens is 421 g/mol. The molecule has 2 aromatic carbocycles. The number of halogens is 3. The summed E-state index contributed by atoms with van der Waals surface area (Å²) in [6.45, 7) is 1.43. The molecule has 0 unspecified atom stereocenters. The van der Waals surface area contributed by atoms with E-state index in [1.807, 2.05) is 0 Å². The molecule has 0 radical (unpaired) electrons. The van der Waals surface area contributed by atoms with E-state index >= 15 is 0 Å². The van der Waals surface area contributed by atoms with Gasteiger partial charge in [-0.3, -0.25) is 4.79 Å². The molecule has 0 bridgehead atoms. The first-order valence-corrected chi connectivity index (χ1v) is 10.7. The van der Waals surface area contributed by atoms with Crippen LogP contribution in [0.5, 0.6) is 0 Å². The summed E-state index contributed by atoms with van der Waals surface area (Å²) >= 11 is 0. The molecular formula is C20H21F3N2O4S. The van der Waals surface area contributed by atoms with Gasteiger partial charge in [0.25, 0.3) is 5.91 Å². The molecule has 0 atom stereocenters. The topological polar surface area (TPSA) is 75.7 Å². The van der Waals surface area contributed by atoms with Gasteiger partial charge in [-0.2, -0.15) is 17.5 Å². The van der Waals surface area contributed by atoms with E-state index in [0.29, 0.717) is 32.7 Å². The van der Waals surface area contributed by atoms with Crippen LogP contribution in [0.1, 0.15) is 21.5 Å². The lowest BCUT2D eigenvalue weighted by Gasteiger charge is -2.26. The van der Waals surface area contributed by atoms with Crippen molar-refractivity contribution in [2.45, 2.75) is 17.5 Å². The third-order valence-electron chi connectivity index (χ3n) is 4.71. The van der Waals surface area contributed by atoms with Crippen LogP contribution in [0.2, 0.25) is 0 Å². The number of alkyl halides is 3. The van der Waals surface area contributed by atoms with Crippen LogP contribution in [-0.2, 0) is 27.4 Å². The lowest BCUT2D eigenvalue weighted by Crippen LogP contribution is -2.40. The number of nitrogens with one attached hydrogen (secondary N) is 1. The van der Waals surface area contributed by atoms with Crippen LogP contribution >= 0.6 is 0 Å². The maximum atomic E-state index is 13.0. The molecule has 0 aromatic heterocycles. The maximum Gasteiger partial charge on any atom is 0.417 e. The van der Waals surface area contributed by atoms with Crippen molar-refractivity contribution < 1.29 is 31.1 Å². The van der Waals surface area contributed by atoms with Crippen molar-refractivity contribution >= 4 is 15.9 Å². The SMILES string of the molecule is O=C(NCCc1ccc(S(=O)(=O)N2CCOCC2)cc1)c1ccccc1C(F)(F)F. The molecule has 162 valence electrons. The van der Waals surface area contributed by atoms with Crippen LogP contribution < -0.4 is 5.32 Å². The first-order valence-electron chi connectivity index (χ1n) is 9.31. The second kappa shape index (κ2) is 9.15. The fraction of sp³-hybridized carbons (Fsp3) is 0.350. The van der Waals surface area contributed by atoms with Crippen LogP contribution in [-0.4, -0.2) is 51.5 Å². The number of carbonyl (C=O) groups is 1. The molecule has 1 amide bonds. The van der Waals surface area contributed by atoms with Crippen LogP contribution in [0.15, 0.2) is 53.4 Å². The van der Waals surface area contributed by atoms with E-state index in [-0.39, 0.29) is 11.4 Å². The van der Waals surface area contributed by atoms with Crippen LogP contribution in [0.4, 0.5) is 13.2 Å². The van der Waals surface area contributed by atoms with Crippen LogP contribution in [0.25, 0.3) is 0 Å². The van der Waals surface area contributed by atoms with Gasteiger partial charge in [-0.25, -0.2) is 8.42 Å². The first kappa shape index (κ1) is 22.3. The van der Waals surface area contributed by atoms with Crippen molar-refractivity contribution in [2.24, 2.45) is 0 Å². The van der Waals surface area contributed by atoms with E-state index in [2.05, 4.69) is 5.32 Å². The van der Waals surface area contributed by atoms with Gasteiger partial charge in [0, 0.05) is 19.6 Å². The minimum atomic E-state index is -4.62. The highest BCUT2D eigenvalue weighted by Crippen LogP contribution is 2.31. The van der Waals surface area contributed by atoms with E-state index in [1.165, 1.54) is 28.6 Å². The number of hydrogen-bond donors (Lipinski definition) is 1. The Balaban J connectivity index is 1.59. The number of benzene rings is 2. The van der Waals surface area contributed by atoms with Gasteiger partial charge in [-0.1, -0.05) is 24.3 Å².